The first-order valence-electron chi connectivity index (χ1n) is 18.1. The highest BCUT2D eigenvalue weighted by Crippen LogP contribution is 2.36. The quantitative estimate of drug-likeness (QED) is 0.146. The molecule has 0 bridgehead atoms. The Morgan fingerprint density at radius 1 is 0.982 bits per heavy atom. The lowest BCUT2D eigenvalue weighted by Gasteiger charge is -2.29. The molecule has 1 amide bonds. The number of rotatable bonds is 10. The summed E-state index contributed by atoms with van der Waals surface area (Å²) in [5.74, 6) is -0.288. The Bertz CT molecular complexity index is 2460. The summed E-state index contributed by atoms with van der Waals surface area (Å²) in [7, 11) is 3.34. The third-order valence-corrected chi connectivity index (χ3v) is 9.71. The second-order valence-corrected chi connectivity index (χ2v) is 15.0. The molecule has 4 aromatic carbocycles. The van der Waals surface area contributed by atoms with Gasteiger partial charge in [0.15, 0.2) is 5.82 Å². The number of nitrogens with zero attached hydrogens (tertiary/aromatic N) is 5. The minimum absolute atomic E-state index is 0.0923. The summed E-state index contributed by atoms with van der Waals surface area (Å²) in [5, 5.41) is 12.2. The number of fused-ring (bicyclic) bond motifs is 2. The van der Waals surface area contributed by atoms with E-state index in [0.717, 1.165) is 23.1 Å². The van der Waals surface area contributed by atoms with Crippen LogP contribution in [0.15, 0.2) is 77.6 Å². The number of morpholine rings is 1. The minimum Gasteiger partial charge on any atom is -0.497 e. The number of anilines is 2. The molecule has 6 aromatic rings. The van der Waals surface area contributed by atoms with Crippen LogP contribution in [0.2, 0.25) is 5.02 Å². The number of nitrogens with one attached hydrogen (secondary N) is 2. The Hall–Kier alpha value is -5.73. The summed E-state index contributed by atoms with van der Waals surface area (Å²) < 4.78 is 48.7. The van der Waals surface area contributed by atoms with Crippen molar-refractivity contribution >= 4 is 51.0 Å². The highest BCUT2D eigenvalue weighted by molar-refractivity contribution is 6.36. The second kappa shape index (κ2) is 15.8. The largest absolute Gasteiger partial charge is 0.497 e. The molecule has 7 rings (SSSR count). The molecule has 292 valence electrons. The van der Waals surface area contributed by atoms with Crippen molar-refractivity contribution in [2.75, 3.05) is 43.6 Å². The highest BCUT2D eigenvalue weighted by atomic mass is 35.5. The molecule has 56 heavy (non-hydrogen) atoms. The summed E-state index contributed by atoms with van der Waals surface area (Å²) in [5.41, 5.74) is 1.93. The van der Waals surface area contributed by atoms with Gasteiger partial charge in [0.1, 0.15) is 28.8 Å². The van der Waals surface area contributed by atoms with E-state index in [0.29, 0.717) is 71.2 Å². The zero-order valence-corrected chi connectivity index (χ0v) is 32.4. The van der Waals surface area contributed by atoms with Gasteiger partial charge in [0, 0.05) is 44.9 Å². The molecule has 15 heteroatoms. The van der Waals surface area contributed by atoms with Crippen LogP contribution in [0, 0.1) is 11.6 Å². The van der Waals surface area contributed by atoms with Crippen LogP contribution in [0.1, 0.15) is 43.8 Å². The Morgan fingerprint density at radius 3 is 2.38 bits per heavy atom. The first-order valence-corrected chi connectivity index (χ1v) is 18.5. The molecule has 1 aliphatic heterocycles. The fourth-order valence-electron chi connectivity index (χ4n) is 6.89. The molecule has 12 nitrogen and oxygen atoms in total. The molecule has 0 unspecified atom stereocenters. The normalized spacial score (nSPS) is 13.9. The molecule has 1 fully saturated rings. The van der Waals surface area contributed by atoms with Crippen molar-refractivity contribution in [2.24, 2.45) is 7.05 Å². The van der Waals surface area contributed by atoms with E-state index < -0.39 is 34.9 Å². The second-order valence-electron chi connectivity index (χ2n) is 14.6. The molecule has 0 spiro atoms. The van der Waals surface area contributed by atoms with E-state index in [9.17, 15) is 18.4 Å². The van der Waals surface area contributed by atoms with Crippen molar-refractivity contribution in [3.63, 3.8) is 0 Å². The predicted molar refractivity (Wildman–Crippen MR) is 212 cm³/mol. The van der Waals surface area contributed by atoms with Crippen molar-refractivity contribution in [3.8, 4) is 11.4 Å². The van der Waals surface area contributed by atoms with Crippen molar-refractivity contribution in [1.29, 1.82) is 0 Å². The van der Waals surface area contributed by atoms with Crippen LogP contribution < -0.4 is 25.8 Å². The summed E-state index contributed by atoms with van der Waals surface area (Å²) >= 11 is 6.88. The number of alkyl carbamates (subject to hydrolysis) is 1. The van der Waals surface area contributed by atoms with E-state index in [1.807, 2.05) is 36.4 Å². The standard InChI is InChI=1S/C41H42ClF2N7O5/c1-41(2,3)56-40(53)47-33(20-25-18-26(43)21-27(44)19-25)38-46-32-22-28(50-14-16-55-17-15-50)8-11-30(32)39(52)51(38)34-13-12-31(42)35-36(34)49(4)48-37(35)45-23-24-6-9-29(54-5)10-7-24/h6-13,18-19,21-22,33H,14-17,20,23H2,1-5H3,(H,45,48)(H,47,53)/t33-/m0/s1. The van der Waals surface area contributed by atoms with Crippen LogP contribution in [0.25, 0.3) is 27.5 Å². The minimum atomic E-state index is -1.12. The zero-order valence-electron chi connectivity index (χ0n) is 31.7. The van der Waals surface area contributed by atoms with E-state index >= 15 is 0 Å². The van der Waals surface area contributed by atoms with Crippen LogP contribution in [0.3, 0.4) is 0 Å². The lowest BCUT2D eigenvalue weighted by Crippen LogP contribution is -2.39. The highest BCUT2D eigenvalue weighted by Gasteiger charge is 2.29. The Balaban J connectivity index is 1.43. The molecule has 1 aliphatic rings. The maximum absolute atomic E-state index is 15.0. The van der Waals surface area contributed by atoms with Crippen LogP contribution in [0.4, 0.5) is 25.1 Å². The monoisotopic (exact) mass is 785 g/mol. The van der Waals surface area contributed by atoms with Crippen LogP contribution >= 0.6 is 11.6 Å². The van der Waals surface area contributed by atoms with Crippen molar-refractivity contribution in [1.82, 2.24) is 24.6 Å². The molecule has 2 aromatic heterocycles. The Morgan fingerprint density at radius 2 is 1.70 bits per heavy atom. The molecule has 0 radical (unpaired) electrons. The van der Waals surface area contributed by atoms with Crippen molar-refractivity contribution < 1.29 is 27.8 Å². The molecule has 1 atom stereocenters. The number of carbonyl (C=O) groups is 1. The van der Waals surface area contributed by atoms with Gasteiger partial charge in [-0.2, -0.15) is 5.10 Å². The Kier molecular flexibility index (Phi) is 10.9. The van der Waals surface area contributed by atoms with Crippen molar-refractivity contribution in [2.45, 2.75) is 45.4 Å². The van der Waals surface area contributed by atoms with Crippen LogP contribution in [-0.4, -0.2) is 64.4 Å². The van der Waals surface area contributed by atoms with Gasteiger partial charge in [0.2, 0.25) is 0 Å². The van der Waals surface area contributed by atoms with Gasteiger partial charge >= 0.3 is 6.09 Å². The maximum Gasteiger partial charge on any atom is 0.408 e. The number of aromatic nitrogens is 4. The van der Waals surface area contributed by atoms with Gasteiger partial charge in [0.25, 0.3) is 5.56 Å². The topological polar surface area (TPSA) is 125 Å². The van der Waals surface area contributed by atoms with Gasteiger partial charge in [0.05, 0.1) is 58.9 Å². The third kappa shape index (κ3) is 8.26. The third-order valence-electron chi connectivity index (χ3n) is 9.40. The van der Waals surface area contributed by atoms with Gasteiger partial charge in [-0.05, 0) is 86.5 Å². The average molecular weight is 786 g/mol. The number of ether oxygens (including phenoxy) is 3. The summed E-state index contributed by atoms with van der Waals surface area (Å²) in [6.45, 7) is 7.98. The van der Waals surface area contributed by atoms with Crippen molar-refractivity contribution in [3.05, 3.63) is 117 Å². The number of hydrogen-bond donors (Lipinski definition) is 2. The van der Waals surface area contributed by atoms with Gasteiger partial charge in [-0.1, -0.05) is 23.7 Å². The number of halogens is 3. The molecular weight excluding hydrogens is 744 g/mol. The van der Waals surface area contributed by atoms with Gasteiger partial charge < -0.3 is 29.7 Å². The van der Waals surface area contributed by atoms with E-state index in [1.54, 1.807) is 57.8 Å². The average Bonchev–Trinajstić information content (AvgIpc) is 3.50. The molecular formula is C41H42ClF2N7O5. The lowest BCUT2D eigenvalue weighted by molar-refractivity contribution is 0.0500. The smallest absolute Gasteiger partial charge is 0.408 e. The first kappa shape index (κ1) is 38.5. The van der Waals surface area contributed by atoms with E-state index in [1.165, 1.54) is 16.7 Å². The summed E-state index contributed by atoms with van der Waals surface area (Å²) in [6, 6.07) is 18.4. The number of carbonyl (C=O) groups excluding carboxylic acids is 1. The number of methoxy groups -OCH3 is 1. The number of aryl methyl sites for hydroxylation is 1. The zero-order chi connectivity index (χ0) is 39.7. The van der Waals surface area contributed by atoms with Gasteiger partial charge in [-0.15, -0.1) is 0 Å². The number of benzene rings is 4. The fourth-order valence-corrected chi connectivity index (χ4v) is 7.13. The SMILES string of the molecule is COc1ccc(CNc2nn(C)c3c(-n4c([C@H](Cc5cc(F)cc(F)c5)NC(=O)OC(C)(C)C)nc5cc(N6CCOCC6)ccc5c4=O)ccc(Cl)c23)cc1. The number of amides is 1. The summed E-state index contributed by atoms with van der Waals surface area (Å²) in [4.78, 5) is 35.7. The van der Waals surface area contributed by atoms with Gasteiger partial charge in [-0.3, -0.25) is 14.0 Å². The summed E-state index contributed by atoms with van der Waals surface area (Å²) in [6.07, 6.45) is -0.958. The molecule has 3 heterocycles. The Labute approximate surface area is 326 Å². The fraction of sp³-hybridized carbons (Fsp3) is 0.317. The van der Waals surface area contributed by atoms with Gasteiger partial charge in [-0.25, -0.2) is 18.6 Å². The molecule has 0 aliphatic carbocycles. The molecule has 1 saturated heterocycles. The molecule has 0 saturated carbocycles. The first-order chi connectivity index (χ1) is 26.8. The molecule has 2 N–H and O–H groups in total. The lowest BCUT2D eigenvalue weighted by atomic mass is 10.0. The van der Waals surface area contributed by atoms with E-state index in [4.69, 9.17) is 35.9 Å². The maximum atomic E-state index is 15.0. The number of hydrogen-bond acceptors (Lipinski definition) is 9. The van der Waals surface area contributed by atoms with E-state index in [-0.39, 0.29) is 17.8 Å². The van der Waals surface area contributed by atoms with E-state index in [2.05, 4.69) is 15.5 Å². The van der Waals surface area contributed by atoms with Crippen LogP contribution in [0.5, 0.6) is 5.75 Å². The predicted octanol–water partition coefficient (Wildman–Crippen LogP) is 7.47. The van der Waals surface area contributed by atoms with Crippen LogP contribution in [-0.2, 0) is 29.5 Å².